The molecule has 0 amide bonds. The summed E-state index contributed by atoms with van der Waals surface area (Å²) < 4.78 is 8.57. The third kappa shape index (κ3) is 5.01. The summed E-state index contributed by atoms with van der Waals surface area (Å²) in [6.45, 7) is 13.5. The van der Waals surface area contributed by atoms with E-state index in [0.29, 0.717) is 5.71 Å². The molecule has 4 heteroatoms. The summed E-state index contributed by atoms with van der Waals surface area (Å²) in [5, 5.41) is 2.07. The predicted octanol–water partition coefficient (Wildman–Crippen LogP) is 10.5. The molecule has 7 aromatic rings. The molecule has 0 aliphatic rings. The minimum atomic E-state index is 0.0239. The zero-order valence-corrected chi connectivity index (χ0v) is 25.8. The Morgan fingerprint density at radius 1 is 0.674 bits per heavy atom. The van der Waals surface area contributed by atoms with E-state index in [1.165, 1.54) is 16.7 Å². The molecule has 3 aromatic heterocycles. The van der Waals surface area contributed by atoms with Gasteiger partial charge >= 0.3 is 0 Å². The fourth-order valence-corrected chi connectivity index (χ4v) is 5.99. The van der Waals surface area contributed by atoms with Crippen LogP contribution in [0.3, 0.4) is 0 Å². The molecule has 0 saturated heterocycles. The van der Waals surface area contributed by atoms with Gasteiger partial charge in [-0.05, 0) is 83.0 Å². The van der Waals surface area contributed by atoms with Crippen LogP contribution in [-0.4, -0.2) is 14.5 Å². The number of furan rings is 1. The molecular formula is C39H37N3O. The number of nitrogens with zero attached hydrogens (tertiary/aromatic N) is 3. The predicted molar refractivity (Wildman–Crippen MR) is 179 cm³/mol. The van der Waals surface area contributed by atoms with Crippen LogP contribution in [0.15, 0.2) is 108 Å². The summed E-state index contributed by atoms with van der Waals surface area (Å²) in [6.07, 6.45) is 0.896. The van der Waals surface area contributed by atoms with Crippen molar-refractivity contribution >= 4 is 33.1 Å². The SMILES string of the molecule is CC(C)(C)Cc1ccc2c(n1)oc1ccc(-c3nc4ccccc4n3-c3ccc(C(C)(C)C)cc3-c3ccccc3)cc12. The second-order valence-electron chi connectivity index (χ2n) is 13.8. The van der Waals surface area contributed by atoms with E-state index < -0.39 is 0 Å². The van der Waals surface area contributed by atoms with Crippen LogP contribution in [0.25, 0.3) is 61.3 Å². The first kappa shape index (κ1) is 27.2. The van der Waals surface area contributed by atoms with E-state index in [1.54, 1.807) is 0 Å². The van der Waals surface area contributed by atoms with E-state index in [1.807, 2.05) is 0 Å². The highest BCUT2D eigenvalue weighted by atomic mass is 16.3. The molecule has 0 spiro atoms. The number of rotatable bonds is 4. The maximum absolute atomic E-state index is 6.26. The molecule has 3 heterocycles. The van der Waals surface area contributed by atoms with Crippen molar-refractivity contribution in [1.82, 2.24) is 14.5 Å². The Hall–Kier alpha value is -4.70. The minimum absolute atomic E-state index is 0.0239. The van der Waals surface area contributed by atoms with Gasteiger partial charge in [-0.1, -0.05) is 90.1 Å². The highest BCUT2D eigenvalue weighted by Gasteiger charge is 2.22. The number of hydrogen-bond acceptors (Lipinski definition) is 3. The number of fused-ring (bicyclic) bond motifs is 4. The largest absolute Gasteiger partial charge is 0.438 e. The van der Waals surface area contributed by atoms with Gasteiger partial charge in [0, 0.05) is 27.6 Å². The Morgan fingerprint density at radius 2 is 1.44 bits per heavy atom. The maximum Gasteiger partial charge on any atom is 0.227 e. The van der Waals surface area contributed by atoms with E-state index in [4.69, 9.17) is 14.4 Å². The van der Waals surface area contributed by atoms with Gasteiger partial charge in [-0.15, -0.1) is 0 Å². The third-order valence-electron chi connectivity index (χ3n) is 8.11. The van der Waals surface area contributed by atoms with Gasteiger partial charge in [0.05, 0.1) is 16.7 Å². The standard InChI is InChI=1S/C39H37N3O/c1-38(2,3)24-28-18-19-29-31-22-26(16-21-35(31)43-37(29)40-28)36-41-32-14-10-11-15-34(32)42(36)33-20-17-27(39(4,5)6)23-30(33)25-12-8-7-9-13-25/h7-23H,24H2,1-6H3. The van der Waals surface area contributed by atoms with Crippen LogP contribution in [0.5, 0.6) is 0 Å². The molecule has 0 saturated carbocycles. The van der Waals surface area contributed by atoms with Crippen LogP contribution in [0.1, 0.15) is 52.8 Å². The van der Waals surface area contributed by atoms with Gasteiger partial charge in [0.15, 0.2) is 0 Å². The summed E-state index contributed by atoms with van der Waals surface area (Å²) in [6, 6.07) is 36.6. The summed E-state index contributed by atoms with van der Waals surface area (Å²) in [5.41, 5.74) is 10.6. The lowest BCUT2D eigenvalue weighted by molar-refractivity contribution is 0.406. The van der Waals surface area contributed by atoms with Crippen molar-refractivity contribution in [3.63, 3.8) is 0 Å². The van der Waals surface area contributed by atoms with Gasteiger partial charge in [-0.2, -0.15) is 0 Å². The Morgan fingerprint density at radius 3 is 2.21 bits per heavy atom. The van der Waals surface area contributed by atoms with E-state index in [0.717, 1.165) is 56.6 Å². The summed E-state index contributed by atoms with van der Waals surface area (Å²) >= 11 is 0. The normalized spacial score (nSPS) is 12.5. The molecule has 0 radical (unpaired) electrons. The smallest absolute Gasteiger partial charge is 0.227 e. The topological polar surface area (TPSA) is 43.9 Å². The lowest BCUT2D eigenvalue weighted by Gasteiger charge is -2.23. The minimum Gasteiger partial charge on any atom is -0.438 e. The van der Waals surface area contributed by atoms with Crippen molar-refractivity contribution in [2.75, 3.05) is 0 Å². The quantitative estimate of drug-likeness (QED) is 0.214. The number of hydrogen-bond donors (Lipinski definition) is 0. The fraction of sp³-hybridized carbons (Fsp3) is 0.231. The monoisotopic (exact) mass is 563 g/mol. The van der Waals surface area contributed by atoms with Crippen LogP contribution in [0.2, 0.25) is 0 Å². The zero-order chi connectivity index (χ0) is 29.9. The van der Waals surface area contributed by atoms with Crippen LogP contribution in [0, 0.1) is 5.41 Å². The van der Waals surface area contributed by atoms with Crippen molar-refractivity contribution in [3.8, 4) is 28.2 Å². The zero-order valence-electron chi connectivity index (χ0n) is 25.8. The van der Waals surface area contributed by atoms with Gasteiger partial charge in [0.25, 0.3) is 0 Å². The number of pyridine rings is 1. The van der Waals surface area contributed by atoms with Crippen molar-refractivity contribution < 1.29 is 4.42 Å². The number of aromatic nitrogens is 3. The molecule has 4 aromatic carbocycles. The average Bonchev–Trinajstić information content (AvgIpc) is 3.53. The van der Waals surface area contributed by atoms with Crippen LogP contribution < -0.4 is 0 Å². The van der Waals surface area contributed by atoms with Crippen LogP contribution >= 0.6 is 0 Å². The molecule has 0 fully saturated rings. The van der Waals surface area contributed by atoms with E-state index in [-0.39, 0.29) is 10.8 Å². The second kappa shape index (κ2) is 9.95. The molecule has 0 atom stereocenters. The van der Waals surface area contributed by atoms with E-state index >= 15 is 0 Å². The molecule has 0 unspecified atom stereocenters. The first-order chi connectivity index (χ1) is 20.5. The average molecular weight is 564 g/mol. The number of imidazole rings is 1. The maximum atomic E-state index is 6.26. The van der Waals surface area contributed by atoms with Crippen LogP contribution in [-0.2, 0) is 11.8 Å². The summed E-state index contributed by atoms with van der Waals surface area (Å²) in [4.78, 5) is 10.1. The lowest BCUT2D eigenvalue weighted by atomic mass is 9.85. The van der Waals surface area contributed by atoms with Gasteiger partial charge in [-0.3, -0.25) is 4.57 Å². The van der Waals surface area contributed by atoms with Crippen molar-refractivity contribution in [2.45, 2.75) is 53.4 Å². The summed E-state index contributed by atoms with van der Waals surface area (Å²) in [7, 11) is 0. The van der Waals surface area contributed by atoms with Crippen molar-refractivity contribution in [1.29, 1.82) is 0 Å². The molecule has 43 heavy (non-hydrogen) atoms. The number of benzene rings is 4. The molecule has 0 aliphatic carbocycles. The van der Waals surface area contributed by atoms with Crippen LogP contribution in [0.4, 0.5) is 0 Å². The Balaban J connectivity index is 1.45. The molecular weight excluding hydrogens is 526 g/mol. The van der Waals surface area contributed by atoms with Gasteiger partial charge < -0.3 is 4.42 Å². The Labute approximate surface area is 253 Å². The van der Waals surface area contributed by atoms with Gasteiger partial charge in [0.1, 0.15) is 11.4 Å². The molecule has 0 N–H and O–H groups in total. The molecule has 0 bridgehead atoms. The van der Waals surface area contributed by atoms with E-state index in [9.17, 15) is 0 Å². The van der Waals surface area contributed by atoms with Crippen molar-refractivity contribution in [3.05, 3.63) is 114 Å². The van der Waals surface area contributed by atoms with Crippen molar-refractivity contribution in [2.24, 2.45) is 5.41 Å². The van der Waals surface area contributed by atoms with Gasteiger partial charge in [0.2, 0.25) is 5.71 Å². The second-order valence-corrected chi connectivity index (χ2v) is 13.8. The molecule has 0 aliphatic heterocycles. The lowest BCUT2D eigenvalue weighted by Crippen LogP contribution is -2.12. The Kier molecular flexibility index (Phi) is 6.28. The van der Waals surface area contributed by atoms with Gasteiger partial charge in [-0.25, -0.2) is 9.97 Å². The highest BCUT2D eigenvalue weighted by molar-refractivity contribution is 6.05. The Bertz CT molecular complexity index is 2120. The first-order valence-electron chi connectivity index (χ1n) is 15.1. The van der Waals surface area contributed by atoms with E-state index in [2.05, 4.69) is 149 Å². The number of para-hydroxylation sites is 2. The third-order valence-corrected chi connectivity index (χ3v) is 8.11. The highest BCUT2D eigenvalue weighted by Crippen LogP contribution is 2.38. The molecule has 214 valence electrons. The first-order valence-corrected chi connectivity index (χ1v) is 15.1. The molecule has 7 rings (SSSR count). The fourth-order valence-electron chi connectivity index (χ4n) is 5.99. The molecule has 4 nitrogen and oxygen atoms in total. The summed E-state index contributed by atoms with van der Waals surface area (Å²) in [5.74, 6) is 0.899.